The summed E-state index contributed by atoms with van der Waals surface area (Å²) in [5.41, 5.74) is 0.903. The summed E-state index contributed by atoms with van der Waals surface area (Å²) in [5, 5.41) is 9.31. The number of carbonyl (C=O) groups is 1. The quantitative estimate of drug-likeness (QED) is 0.913. The van der Waals surface area contributed by atoms with Gasteiger partial charge in [-0.3, -0.25) is 4.79 Å². The molecule has 5 nitrogen and oxygen atoms in total. The van der Waals surface area contributed by atoms with Crippen molar-refractivity contribution >= 4 is 5.97 Å². The molecule has 20 heavy (non-hydrogen) atoms. The van der Waals surface area contributed by atoms with Crippen LogP contribution in [0.2, 0.25) is 0 Å². The van der Waals surface area contributed by atoms with E-state index < -0.39 is 5.97 Å². The van der Waals surface area contributed by atoms with Gasteiger partial charge >= 0.3 is 5.97 Å². The average Bonchev–Trinajstić information content (AvgIpc) is 3.06. The van der Waals surface area contributed by atoms with Crippen LogP contribution in [0.4, 0.5) is 0 Å². The number of carboxylic acids is 1. The molecule has 5 heteroatoms. The Morgan fingerprint density at radius 1 is 1.40 bits per heavy atom. The molecule has 0 aromatic carbocycles. The van der Waals surface area contributed by atoms with E-state index in [1.165, 1.54) is 19.4 Å². The van der Waals surface area contributed by atoms with Gasteiger partial charge in [-0.05, 0) is 38.8 Å². The lowest BCUT2D eigenvalue weighted by molar-refractivity contribution is -0.139. The lowest BCUT2D eigenvalue weighted by Crippen LogP contribution is -2.32. The molecule has 1 aromatic rings. The molecule has 3 rings (SSSR count). The van der Waals surface area contributed by atoms with Gasteiger partial charge in [-0.2, -0.15) is 0 Å². The van der Waals surface area contributed by atoms with Crippen molar-refractivity contribution in [3.05, 3.63) is 17.7 Å². The van der Waals surface area contributed by atoms with Gasteiger partial charge in [0.05, 0.1) is 11.6 Å². The molecule has 1 aromatic heterocycles. The summed E-state index contributed by atoms with van der Waals surface area (Å²) >= 11 is 0. The third-order valence-corrected chi connectivity index (χ3v) is 4.82. The van der Waals surface area contributed by atoms with Crippen molar-refractivity contribution in [2.24, 2.45) is 0 Å². The monoisotopic (exact) mass is 277 g/mol. The molecule has 0 saturated carbocycles. The van der Waals surface area contributed by atoms with Gasteiger partial charge in [0.25, 0.3) is 0 Å². The fourth-order valence-corrected chi connectivity index (χ4v) is 3.73. The van der Waals surface area contributed by atoms with E-state index in [0.29, 0.717) is 6.04 Å². The number of hydrogen-bond acceptors (Lipinski definition) is 3. The third kappa shape index (κ3) is 2.35. The second kappa shape index (κ2) is 5.56. The van der Waals surface area contributed by atoms with Gasteiger partial charge in [-0.25, -0.2) is 4.98 Å². The average molecular weight is 277 g/mol. The second-order valence-electron chi connectivity index (χ2n) is 5.91. The topological polar surface area (TPSA) is 58.4 Å². The van der Waals surface area contributed by atoms with Crippen LogP contribution in [0.25, 0.3) is 0 Å². The highest BCUT2D eigenvalue weighted by molar-refractivity contribution is 5.75. The van der Waals surface area contributed by atoms with E-state index in [4.69, 9.17) is 0 Å². The largest absolute Gasteiger partial charge is 0.481 e. The van der Waals surface area contributed by atoms with Crippen molar-refractivity contribution in [3.63, 3.8) is 0 Å². The third-order valence-electron chi connectivity index (χ3n) is 4.82. The molecule has 0 bridgehead atoms. The minimum absolute atomic E-state index is 0.365. The van der Waals surface area contributed by atoms with Gasteiger partial charge in [0, 0.05) is 25.2 Å². The van der Waals surface area contributed by atoms with Crippen molar-refractivity contribution in [2.45, 2.75) is 57.5 Å². The minimum atomic E-state index is -0.714. The van der Waals surface area contributed by atoms with Crippen LogP contribution >= 0.6 is 0 Å². The maximum absolute atomic E-state index is 11.3. The molecule has 0 radical (unpaired) electrons. The Kier molecular flexibility index (Phi) is 3.78. The summed E-state index contributed by atoms with van der Waals surface area (Å²) in [6.07, 6.45) is 6.93. The van der Waals surface area contributed by atoms with Gasteiger partial charge in [0.2, 0.25) is 0 Å². The smallest absolute Gasteiger partial charge is 0.312 e. The Balaban J connectivity index is 1.80. The van der Waals surface area contributed by atoms with E-state index in [-0.39, 0.29) is 5.92 Å². The summed E-state index contributed by atoms with van der Waals surface area (Å²) in [5.74, 6) is 0.000562. The Bertz CT molecular complexity index is 497. The zero-order valence-electron chi connectivity index (χ0n) is 12.1. The zero-order valence-corrected chi connectivity index (χ0v) is 12.1. The fourth-order valence-electron chi connectivity index (χ4n) is 3.73. The molecular formula is C15H23N3O2. The number of imidazole rings is 1. The maximum atomic E-state index is 11.3. The Morgan fingerprint density at radius 2 is 2.20 bits per heavy atom. The number of carboxylic acid groups (broad SMARTS) is 1. The van der Waals surface area contributed by atoms with E-state index in [1.807, 2.05) is 0 Å². The normalized spacial score (nSPS) is 26.6. The zero-order chi connectivity index (χ0) is 14.1. The molecule has 0 amide bonds. The van der Waals surface area contributed by atoms with E-state index >= 15 is 0 Å². The van der Waals surface area contributed by atoms with Crippen LogP contribution in [0.5, 0.6) is 0 Å². The van der Waals surface area contributed by atoms with E-state index in [2.05, 4.69) is 21.4 Å². The molecule has 2 unspecified atom stereocenters. The van der Waals surface area contributed by atoms with Crippen LogP contribution in [-0.2, 0) is 17.8 Å². The number of likely N-dealkylation sites (N-methyl/N-ethyl adjacent to an activating group) is 1. The van der Waals surface area contributed by atoms with Crippen LogP contribution in [-0.4, -0.2) is 44.7 Å². The first-order valence-corrected chi connectivity index (χ1v) is 7.72. The van der Waals surface area contributed by atoms with E-state index in [0.717, 1.165) is 43.9 Å². The van der Waals surface area contributed by atoms with Crippen LogP contribution < -0.4 is 0 Å². The molecule has 2 atom stereocenters. The number of rotatable bonds is 4. The lowest BCUT2D eigenvalue weighted by atomic mass is 9.96. The van der Waals surface area contributed by atoms with E-state index in [1.54, 1.807) is 6.20 Å². The maximum Gasteiger partial charge on any atom is 0.312 e. The first-order valence-electron chi connectivity index (χ1n) is 7.72. The van der Waals surface area contributed by atoms with Gasteiger partial charge < -0.3 is 14.6 Å². The van der Waals surface area contributed by atoms with Crippen molar-refractivity contribution in [3.8, 4) is 0 Å². The summed E-state index contributed by atoms with van der Waals surface area (Å²) in [6.45, 7) is 5.41. The highest BCUT2D eigenvalue weighted by atomic mass is 16.4. The summed E-state index contributed by atoms with van der Waals surface area (Å²) in [4.78, 5) is 18.4. The molecular weight excluding hydrogens is 254 g/mol. The second-order valence-corrected chi connectivity index (χ2v) is 5.91. The molecule has 2 aliphatic rings. The van der Waals surface area contributed by atoms with Crippen molar-refractivity contribution in [2.75, 3.05) is 13.1 Å². The first kappa shape index (κ1) is 13.6. The molecule has 1 saturated heterocycles. The van der Waals surface area contributed by atoms with Crippen LogP contribution in [0.3, 0.4) is 0 Å². The minimum Gasteiger partial charge on any atom is -0.481 e. The summed E-state index contributed by atoms with van der Waals surface area (Å²) < 4.78 is 2.16. The molecule has 0 aliphatic carbocycles. The number of nitrogens with zero attached hydrogens (tertiary/aromatic N) is 3. The Labute approximate surface area is 119 Å². The summed E-state index contributed by atoms with van der Waals surface area (Å²) in [6, 6.07) is 0.580. The molecule has 1 N–H and O–H groups in total. The number of fused-ring (bicyclic) bond motifs is 1. The number of aromatic nitrogens is 2. The van der Waals surface area contributed by atoms with Gasteiger partial charge in [0.1, 0.15) is 5.82 Å². The highest BCUT2D eigenvalue weighted by Crippen LogP contribution is 2.30. The van der Waals surface area contributed by atoms with Gasteiger partial charge in [-0.15, -0.1) is 0 Å². The number of hydrogen-bond donors (Lipinski definition) is 1. The van der Waals surface area contributed by atoms with Crippen molar-refractivity contribution in [1.82, 2.24) is 14.5 Å². The SMILES string of the molecule is CCN1CCCC1Cc1ncc2n1CCCC2C(=O)O. The molecule has 1 fully saturated rings. The standard InChI is InChI=1S/C15H23N3O2/c1-2-17-7-3-5-11(17)9-14-16-10-13-12(15(19)20)6-4-8-18(13)14/h10-12H,2-9H2,1H3,(H,19,20). The van der Waals surface area contributed by atoms with Crippen molar-refractivity contribution < 1.29 is 9.90 Å². The van der Waals surface area contributed by atoms with Gasteiger partial charge in [0.15, 0.2) is 0 Å². The predicted molar refractivity (Wildman–Crippen MR) is 75.8 cm³/mol. The first-order chi connectivity index (χ1) is 9.70. The predicted octanol–water partition coefficient (Wildman–Crippen LogP) is 1.87. The van der Waals surface area contributed by atoms with Crippen LogP contribution in [0, 0.1) is 0 Å². The molecule has 2 aliphatic heterocycles. The van der Waals surface area contributed by atoms with Crippen LogP contribution in [0.1, 0.15) is 50.0 Å². The Hall–Kier alpha value is -1.36. The van der Waals surface area contributed by atoms with Crippen LogP contribution in [0.15, 0.2) is 6.20 Å². The number of likely N-dealkylation sites (tertiary alicyclic amines) is 1. The fraction of sp³-hybridized carbons (Fsp3) is 0.733. The lowest BCUT2D eigenvalue weighted by Gasteiger charge is -2.25. The highest BCUT2D eigenvalue weighted by Gasteiger charge is 2.30. The van der Waals surface area contributed by atoms with E-state index in [9.17, 15) is 9.90 Å². The Morgan fingerprint density at radius 3 is 2.95 bits per heavy atom. The molecule has 3 heterocycles. The van der Waals surface area contributed by atoms with Crippen molar-refractivity contribution in [1.29, 1.82) is 0 Å². The molecule has 0 spiro atoms. The summed E-state index contributed by atoms with van der Waals surface area (Å²) in [7, 11) is 0. The van der Waals surface area contributed by atoms with Gasteiger partial charge in [-0.1, -0.05) is 6.92 Å². The molecule has 110 valence electrons. The number of aliphatic carboxylic acids is 1.